The molecule has 6 heteroatoms. The minimum atomic E-state index is -0.469. The van der Waals surface area contributed by atoms with Crippen LogP contribution in [-0.4, -0.2) is 52.4 Å². The van der Waals surface area contributed by atoms with Gasteiger partial charge in [0.25, 0.3) is 0 Å². The Morgan fingerprint density at radius 2 is 1.52 bits per heavy atom. The second kappa shape index (κ2) is 16.5. The maximum absolute atomic E-state index is 14.4. The summed E-state index contributed by atoms with van der Waals surface area (Å²) in [5, 5.41) is 0. The van der Waals surface area contributed by atoms with E-state index < -0.39 is 5.92 Å². The van der Waals surface area contributed by atoms with Gasteiger partial charge in [-0.15, -0.1) is 0 Å². The molecule has 1 atom stereocenters. The van der Waals surface area contributed by atoms with E-state index >= 15 is 0 Å². The van der Waals surface area contributed by atoms with Crippen molar-refractivity contribution in [1.82, 2.24) is 14.4 Å². The number of nitrogens with zero attached hydrogens (tertiary/aromatic N) is 3. The van der Waals surface area contributed by atoms with Gasteiger partial charge in [0, 0.05) is 31.0 Å². The average molecular weight is 594 g/mol. The minimum absolute atomic E-state index is 0.0225. The molecule has 0 saturated heterocycles. The van der Waals surface area contributed by atoms with Gasteiger partial charge >= 0.3 is 0 Å². The van der Waals surface area contributed by atoms with Gasteiger partial charge in [-0.05, 0) is 60.7 Å². The second-order valence-corrected chi connectivity index (χ2v) is 11.5. The van der Waals surface area contributed by atoms with Crippen LogP contribution in [0.5, 0.6) is 5.75 Å². The lowest BCUT2D eigenvalue weighted by Gasteiger charge is -2.33. The molecule has 0 aliphatic rings. The molecule has 0 saturated carbocycles. The van der Waals surface area contributed by atoms with Crippen LogP contribution < -0.4 is 4.74 Å². The van der Waals surface area contributed by atoms with Crippen LogP contribution in [-0.2, 0) is 22.7 Å². The molecule has 1 unspecified atom stereocenters. The summed E-state index contributed by atoms with van der Waals surface area (Å²) in [4.78, 5) is 32.3. The Balaban J connectivity index is 1.59. The van der Waals surface area contributed by atoms with Gasteiger partial charge in [-0.1, -0.05) is 99.5 Å². The Morgan fingerprint density at radius 1 is 0.841 bits per heavy atom. The molecule has 0 fully saturated rings. The van der Waals surface area contributed by atoms with Crippen LogP contribution in [0.25, 0.3) is 0 Å². The SMILES string of the molecule is CCCCCN(CC(=O)N(Cc1cccn1Cc1cccc(OC)c1)C(C)CC)C(=O)C(c1ccccc1)c1ccccc1. The van der Waals surface area contributed by atoms with E-state index in [0.29, 0.717) is 19.6 Å². The highest BCUT2D eigenvalue weighted by atomic mass is 16.5. The molecule has 0 aliphatic heterocycles. The molecule has 0 spiro atoms. The maximum atomic E-state index is 14.4. The number of hydrogen-bond acceptors (Lipinski definition) is 3. The van der Waals surface area contributed by atoms with E-state index in [9.17, 15) is 9.59 Å². The van der Waals surface area contributed by atoms with Gasteiger partial charge < -0.3 is 19.1 Å². The first kappa shape index (κ1) is 32.6. The Kier molecular flexibility index (Phi) is 12.2. The number of unbranched alkanes of at least 4 members (excludes halogenated alkanes) is 2. The van der Waals surface area contributed by atoms with E-state index in [4.69, 9.17) is 4.74 Å². The molecule has 2 amide bonds. The normalized spacial score (nSPS) is 11.8. The van der Waals surface area contributed by atoms with Gasteiger partial charge in [-0.2, -0.15) is 0 Å². The van der Waals surface area contributed by atoms with Crippen LogP contribution in [0.3, 0.4) is 0 Å². The number of carbonyl (C=O) groups excluding carboxylic acids is 2. The zero-order valence-corrected chi connectivity index (χ0v) is 26.7. The molecule has 6 nitrogen and oxygen atoms in total. The van der Waals surface area contributed by atoms with E-state index in [1.165, 1.54) is 0 Å². The molecule has 1 aromatic heterocycles. The Labute approximate surface area is 263 Å². The highest BCUT2D eigenvalue weighted by Gasteiger charge is 2.30. The Morgan fingerprint density at radius 3 is 2.14 bits per heavy atom. The van der Waals surface area contributed by atoms with Crippen molar-refractivity contribution in [3.05, 3.63) is 126 Å². The van der Waals surface area contributed by atoms with Crippen LogP contribution >= 0.6 is 0 Å². The summed E-state index contributed by atoms with van der Waals surface area (Å²) in [6.45, 7) is 8.11. The molecule has 0 N–H and O–H groups in total. The molecular formula is C38H47N3O3. The van der Waals surface area contributed by atoms with Crippen LogP contribution in [0, 0.1) is 0 Å². The third-order valence-corrected chi connectivity index (χ3v) is 8.37. The van der Waals surface area contributed by atoms with Crippen molar-refractivity contribution in [2.45, 2.75) is 71.5 Å². The number of methoxy groups -OCH3 is 1. The van der Waals surface area contributed by atoms with Crippen molar-refractivity contribution in [2.24, 2.45) is 0 Å². The molecule has 4 aromatic rings. The minimum Gasteiger partial charge on any atom is -0.497 e. The summed E-state index contributed by atoms with van der Waals surface area (Å²) in [5.41, 5.74) is 4.05. The monoisotopic (exact) mass is 593 g/mol. The van der Waals surface area contributed by atoms with Crippen LogP contribution in [0.15, 0.2) is 103 Å². The standard InChI is InChI=1S/C38H47N3O3/c1-5-7-14-24-40(38(43)37(32-18-10-8-11-19-32)33-20-12-9-13-21-33)29-36(42)41(30(3)6-2)28-34-22-16-25-39(34)27-31-17-15-23-35(26-31)44-4/h8-13,15-23,25-26,30,37H,5-7,14,24,27-29H2,1-4H3. The summed E-state index contributed by atoms with van der Waals surface area (Å²) in [7, 11) is 1.67. The van der Waals surface area contributed by atoms with Gasteiger partial charge in [0.1, 0.15) is 5.75 Å². The molecule has 1 heterocycles. The molecule has 4 rings (SSSR count). The lowest BCUT2D eigenvalue weighted by Crippen LogP contribution is -2.47. The zero-order valence-electron chi connectivity index (χ0n) is 26.7. The van der Waals surface area contributed by atoms with Crippen molar-refractivity contribution in [3.8, 4) is 5.75 Å². The van der Waals surface area contributed by atoms with Gasteiger partial charge in [-0.25, -0.2) is 0 Å². The first-order chi connectivity index (χ1) is 21.4. The fourth-order valence-corrected chi connectivity index (χ4v) is 5.62. The number of carbonyl (C=O) groups is 2. The van der Waals surface area contributed by atoms with Crippen LogP contribution in [0.4, 0.5) is 0 Å². The smallest absolute Gasteiger partial charge is 0.242 e. The molecule has 232 valence electrons. The lowest BCUT2D eigenvalue weighted by atomic mass is 9.90. The summed E-state index contributed by atoms with van der Waals surface area (Å²) in [6, 6.07) is 32.0. The van der Waals surface area contributed by atoms with E-state index in [2.05, 4.69) is 43.7 Å². The fourth-order valence-electron chi connectivity index (χ4n) is 5.62. The Hall–Kier alpha value is -4.32. The van der Waals surface area contributed by atoms with Crippen LogP contribution in [0.2, 0.25) is 0 Å². The summed E-state index contributed by atoms with van der Waals surface area (Å²) in [6.07, 6.45) is 5.78. The van der Waals surface area contributed by atoms with Crippen molar-refractivity contribution < 1.29 is 14.3 Å². The largest absolute Gasteiger partial charge is 0.497 e. The lowest BCUT2D eigenvalue weighted by molar-refractivity contribution is -0.142. The first-order valence-corrected chi connectivity index (χ1v) is 15.9. The topological polar surface area (TPSA) is 54.8 Å². The number of ether oxygens (including phenoxy) is 1. The third kappa shape index (κ3) is 8.62. The van der Waals surface area contributed by atoms with Crippen molar-refractivity contribution in [3.63, 3.8) is 0 Å². The molecule has 0 bridgehead atoms. The predicted molar refractivity (Wildman–Crippen MR) is 178 cm³/mol. The molecule has 3 aromatic carbocycles. The highest BCUT2D eigenvalue weighted by Crippen LogP contribution is 2.27. The van der Waals surface area contributed by atoms with Crippen molar-refractivity contribution >= 4 is 11.8 Å². The Bertz CT molecular complexity index is 1410. The van der Waals surface area contributed by atoms with Gasteiger partial charge in [-0.3, -0.25) is 9.59 Å². The summed E-state index contributed by atoms with van der Waals surface area (Å²) < 4.78 is 7.60. The van der Waals surface area contributed by atoms with E-state index in [1.807, 2.05) is 89.8 Å². The summed E-state index contributed by atoms with van der Waals surface area (Å²) in [5.74, 6) is 0.296. The van der Waals surface area contributed by atoms with E-state index in [0.717, 1.165) is 53.8 Å². The molecule has 0 radical (unpaired) electrons. The quantitative estimate of drug-likeness (QED) is 0.126. The molecule has 0 aliphatic carbocycles. The molecular weight excluding hydrogens is 546 g/mol. The van der Waals surface area contributed by atoms with Crippen LogP contribution in [0.1, 0.15) is 74.8 Å². The number of hydrogen-bond donors (Lipinski definition) is 0. The second-order valence-electron chi connectivity index (χ2n) is 11.5. The fraction of sp³-hybridized carbons (Fsp3) is 0.368. The zero-order chi connectivity index (χ0) is 31.3. The maximum Gasteiger partial charge on any atom is 0.242 e. The molecule has 44 heavy (non-hydrogen) atoms. The van der Waals surface area contributed by atoms with Crippen molar-refractivity contribution in [2.75, 3.05) is 20.2 Å². The highest BCUT2D eigenvalue weighted by molar-refractivity contribution is 5.91. The number of amides is 2. The van der Waals surface area contributed by atoms with Crippen molar-refractivity contribution in [1.29, 1.82) is 0 Å². The third-order valence-electron chi connectivity index (χ3n) is 8.37. The summed E-state index contributed by atoms with van der Waals surface area (Å²) >= 11 is 0. The number of benzene rings is 3. The van der Waals surface area contributed by atoms with Gasteiger partial charge in [0.05, 0.1) is 26.1 Å². The number of rotatable bonds is 16. The van der Waals surface area contributed by atoms with E-state index in [-0.39, 0.29) is 24.4 Å². The number of aromatic nitrogens is 1. The predicted octanol–water partition coefficient (Wildman–Crippen LogP) is 7.52. The van der Waals surface area contributed by atoms with Gasteiger partial charge in [0.15, 0.2) is 0 Å². The first-order valence-electron chi connectivity index (χ1n) is 15.9. The van der Waals surface area contributed by atoms with E-state index in [1.54, 1.807) is 12.0 Å². The average Bonchev–Trinajstić information content (AvgIpc) is 3.50. The van der Waals surface area contributed by atoms with Gasteiger partial charge in [0.2, 0.25) is 11.8 Å².